The predicted molar refractivity (Wildman–Crippen MR) is 56.7 cm³/mol. The second kappa shape index (κ2) is 7.84. The second-order valence-corrected chi connectivity index (χ2v) is 3.60. The maximum absolute atomic E-state index is 11.1. The fourth-order valence-electron chi connectivity index (χ4n) is 1.02. The molecule has 0 aromatic heterocycles. The van der Waals surface area contributed by atoms with Crippen LogP contribution in [0.2, 0.25) is 0 Å². The topological polar surface area (TPSA) is 69.7 Å². The molecule has 0 aliphatic heterocycles. The van der Waals surface area contributed by atoms with Gasteiger partial charge in [-0.05, 0) is 20.3 Å². The minimum absolute atomic E-state index is 0.0175. The fraction of sp³-hybridized carbons (Fsp3) is 0.727. The number of carbonyl (C=O) groups is 3. The Balaban J connectivity index is 3.80. The number of hydrogen-bond acceptors (Lipinski definition) is 5. The van der Waals surface area contributed by atoms with Crippen LogP contribution in [0.25, 0.3) is 0 Å². The first-order valence-electron chi connectivity index (χ1n) is 5.30. The van der Waals surface area contributed by atoms with E-state index in [1.165, 1.54) is 6.92 Å². The summed E-state index contributed by atoms with van der Waals surface area (Å²) >= 11 is 0. The lowest BCUT2D eigenvalue weighted by Gasteiger charge is -2.11. The van der Waals surface area contributed by atoms with Gasteiger partial charge in [0.2, 0.25) is 0 Å². The summed E-state index contributed by atoms with van der Waals surface area (Å²) in [5.74, 6) is -1.26. The number of esters is 2. The second-order valence-electron chi connectivity index (χ2n) is 3.60. The van der Waals surface area contributed by atoms with Crippen LogP contribution in [0.5, 0.6) is 0 Å². The van der Waals surface area contributed by atoms with Gasteiger partial charge in [0.05, 0.1) is 13.0 Å². The Bertz CT molecular complexity index is 259. The van der Waals surface area contributed by atoms with Crippen LogP contribution in [0, 0.1) is 0 Å². The van der Waals surface area contributed by atoms with Gasteiger partial charge in [0.15, 0.2) is 0 Å². The Hall–Kier alpha value is -1.39. The molecule has 5 heteroatoms. The van der Waals surface area contributed by atoms with Gasteiger partial charge in [0, 0.05) is 0 Å². The van der Waals surface area contributed by atoms with Crippen LogP contribution in [-0.4, -0.2) is 30.4 Å². The van der Waals surface area contributed by atoms with Crippen molar-refractivity contribution < 1.29 is 23.9 Å². The Kier molecular flexibility index (Phi) is 7.16. The highest BCUT2D eigenvalue weighted by molar-refractivity contribution is 5.94. The maximum Gasteiger partial charge on any atom is 0.313 e. The molecule has 0 aromatic carbocycles. The van der Waals surface area contributed by atoms with Crippen molar-refractivity contribution in [3.05, 3.63) is 0 Å². The lowest BCUT2D eigenvalue weighted by atomic mass is 10.3. The first-order chi connectivity index (χ1) is 7.45. The molecular weight excluding hydrogens is 212 g/mol. The lowest BCUT2D eigenvalue weighted by Crippen LogP contribution is -2.21. The number of Topliss-reactive ketones (excluding diaryl/α,β-unsaturated/α-hetero) is 1. The van der Waals surface area contributed by atoms with Crippen LogP contribution in [0.4, 0.5) is 0 Å². The minimum Gasteiger partial charge on any atom is -0.466 e. The van der Waals surface area contributed by atoms with Gasteiger partial charge >= 0.3 is 11.9 Å². The van der Waals surface area contributed by atoms with Gasteiger partial charge in [-0.25, -0.2) is 0 Å². The van der Waals surface area contributed by atoms with E-state index in [1.54, 1.807) is 6.92 Å². The molecule has 1 unspecified atom stereocenters. The summed E-state index contributed by atoms with van der Waals surface area (Å²) in [6, 6.07) is 0. The summed E-state index contributed by atoms with van der Waals surface area (Å²) in [5.41, 5.74) is 0. The van der Waals surface area contributed by atoms with Gasteiger partial charge in [0.1, 0.15) is 18.3 Å². The third-order valence-electron chi connectivity index (χ3n) is 1.65. The first-order valence-corrected chi connectivity index (χ1v) is 5.30. The molecular formula is C11H18O5. The molecule has 92 valence electrons. The summed E-state index contributed by atoms with van der Waals surface area (Å²) in [7, 11) is 0. The highest BCUT2D eigenvalue weighted by Crippen LogP contribution is 2.02. The lowest BCUT2D eigenvalue weighted by molar-refractivity contribution is -0.154. The van der Waals surface area contributed by atoms with Crippen molar-refractivity contribution in [1.82, 2.24) is 0 Å². The van der Waals surface area contributed by atoms with Crippen LogP contribution in [0.1, 0.15) is 40.0 Å². The molecule has 0 fully saturated rings. The van der Waals surface area contributed by atoms with Crippen LogP contribution >= 0.6 is 0 Å². The van der Waals surface area contributed by atoms with Crippen molar-refractivity contribution in [3.8, 4) is 0 Å². The van der Waals surface area contributed by atoms with Gasteiger partial charge in [-0.3, -0.25) is 14.4 Å². The number of ketones is 1. The molecule has 0 aromatic rings. The van der Waals surface area contributed by atoms with E-state index in [9.17, 15) is 14.4 Å². The largest absolute Gasteiger partial charge is 0.466 e. The molecule has 0 N–H and O–H groups in total. The van der Waals surface area contributed by atoms with Crippen molar-refractivity contribution in [2.24, 2.45) is 0 Å². The van der Waals surface area contributed by atoms with Crippen LogP contribution in [0.15, 0.2) is 0 Å². The number of carbonyl (C=O) groups excluding carboxylic acids is 3. The van der Waals surface area contributed by atoms with E-state index in [4.69, 9.17) is 9.47 Å². The van der Waals surface area contributed by atoms with Gasteiger partial charge < -0.3 is 9.47 Å². The summed E-state index contributed by atoms with van der Waals surface area (Å²) in [4.78, 5) is 32.8. The standard InChI is InChI=1S/C11H18O5/c1-4-5-15-10(13)7-9(3)16-11(14)6-8(2)12/h9H,4-7H2,1-3H3. The number of ether oxygens (including phenoxy) is 2. The van der Waals surface area contributed by atoms with Crippen molar-refractivity contribution in [3.63, 3.8) is 0 Å². The highest BCUT2D eigenvalue weighted by atomic mass is 16.6. The third-order valence-corrected chi connectivity index (χ3v) is 1.65. The zero-order valence-corrected chi connectivity index (χ0v) is 9.95. The van der Waals surface area contributed by atoms with E-state index < -0.39 is 18.0 Å². The van der Waals surface area contributed by atoms with E-state index in [1.807, 2.05) is 6.92 Å². The number of rotatable bonds is 7. The molecule has 1 atom stereocenters. The van der Waals surface area contributed by atoms with Crippen molar-refractivity contribution >= 4 is 17.7 Å². The Morgan fingerprint density at radius 2 is 1.81 bits per heavy atom. The SMILES string of the molecule is CCCOC(=O)CC(C)OC(=O)CC(C)=O. The van der Waals surface area contributed by atoms with Gasteiger partial charge in [-0.2, -0.15) is 0 Å². The molecule has 5 nitrogen and oxygen atoms in total. The van der Waals surface area contributed by atoms with E-state index >= 15 is 0 Å². The average Bonchev–Trinajstić information content (AvgIpc) is 2.12. The van der Waals surface area contributed by atoms with Gasteiger partial charge in [-0.1, -0.05) is 6.92 Å². The highest BCUT2D eigenvalue weighted by Gasteiger charge is 2.15. The molecule has 0 bridgehead atoms. The van der Waals surface area contributed by atoms with Crippen molar-refractivity contribution in [2.75, 3.05) is 6.61 Å². The Morgan fingerprint density at radius 1 is 1.19 bits per heavy atom. The molecule has 0 rings (SSSR count). The van der Waals surface area contributed by atoms with E-state index in [-0.39, 0.29) is 18.6 Å². The van der Waals surface area contributed by atoms with Crippen LogP contribution in [0.3, 0.4) is 0 Å². The Morgan fingerprint density at radius 3 is 2.31 bits per heavy atom. The molecule has 0 amide bonds. The molecule has 0 heterocycles. The van der Waals surface area contributed by atoms with Crippen molar-refractivity contribution in [1.29, 1.82) is 0 Å². The van der Waals surface area contributed by atoms with E-state index in [0.717, 1.165) is 6.42 Å². The first kappa shape index (κ1) is 14.6. The van der Waals surface area contributed by atoms with Crippen LogP contribution in [-0.2, 0) is 23.9 Å². The van der Waals surface area contributed by atoms with E-state index in [2.05, 4.69) is 0 Å². The van der Waals surface area contributed by atoms with Gasteiger partial charge in [0.25, 0.3) is 0 Å². The maximum atomic E-state index is 11.1. The molecule has 0 aliphatic rings. The predicted octanol–water partition coefficient (Wildman–Crippen LogP) is 1.24. The summed E-state index contributed by atoms with van der Waals surface area (Å²) < 4.78 is 9.68. The quantitative estimate of drug-likeness (QED) is 0.486. The van der Waals surface area contributed by atoms with E-state index in [0.29, 0.717) is 6.61 Å². The summed E-state index contributed by atoms with van der Waals surface area (Å²) in [6.45, 7) is 5.16. The van der Waals surface area contributed by atoms with Gasteiger partial charge in [-0.15, -0.1) is 0 Å². The molecule has 0 radical (unpaired) electrons. The fourth-order valence-corrected chi connectivity index (χ4v) is 1.02. The normalized spacial score (nSPS) is 11.7. The average molecular weight is 230 g/mol. The molecule has 16 heavy (non-hydrogen) atoms. The zero-order valence-electron chi connectivity index (χ0n) is 9.95. The van der Waals surface area contributed by atoms with Crippen LogP contribution < -0.4 is 0 Å². The van der Waals surface area contributed by atoms with Crippen molar-refractivity contribution in [2.45, 2.75) is 46.1 Å². The minimum atomic E-state index is -0.608. The summed E-state index contributed by atoms with van der Waals surface area (Å²) in [5, 5.41) is 0. The summed E-state index contributed by atoms with van der Waals surface area (Å²) in [6.07, 6.45) is -0.0430. The smallest absolute Gasteiger partial charge is 0.313 e. The third kappa shape index (κ3) is 7.96. The molecule has 0 aliphatic carbocycles. The Labute approximate surface area is 95.1 Å². The number of hydrogen-bond donors (Lipinski definition) is 0. The monoisotopic (exact) mass is 230 g/mol. The molecule has 0 saturated heterocycles. The molecule has 0 spiro atoms. The molecule has 0 saturated carbocycles. The zero-order chi connectivity index (χ0) is 12.6.